The van der Waals surface area contributed by atoms with Gasteiger partial charge in [0.15, 0.2) is 0 Å². The van der Waals surface area contributed by atoms with Crippen molar-refractivity contribution in [3.63, 3.8) is 0 Å². The van der Waals surface area contributed by atoms with Crippen molar-refractivity contribution in [3.8, 4) is 11.8 Å². The number of fused-ring (bicyclic) bond motifs is 8. The fraction of sp³-hybridized carbons (Fsp3) is 0.671. The van der Waals surface area contributed by atoms with Crippen LogP contribution >= 0.6 is 24.0 Å². The Morgan fingerprint density at radius 1 is 0.553 bits per heavy atom. The number of carboxylic acid groups (broad SMARTS) is 1. The number of thioether (sulfide) groups is 1. The zero-order valence-corrected chi connectivity index (χ0v) is 65.6. The van der Waals surface area contributed by atoms with Crippen molar-refractivity contribution in [1.82, 2.24) is 24.8 Å². The molecule has 12 heteroatoms. The van der Waals surface area contributed by atoms with Gasteiger partial charge < -0.3 is 20.0 Å². The minimum absolute atomic E-state index is 0. The van der Waals surface area contributed by atoms with Gasteiger partial charge in [0, 0.05) is 29.3 Å². The van der Waals surface area contributed by atoms with Crippen LogP contribution in [-0.4, -0.2) is 54.8 Å². The molecule has 5 saturated carbocycles. The van der Waals surface area contributed by atoms with Crippen LogP contribution in [0.2, 0.25) is 0 Å². The molecule has 94 heavy (non-hydrogen) atoms. The molecule has 3 aromatic heterocycles. The molecular weight excluding hydrogens is 1250 g/mol. The summed E-state index contributed by atoms with van der Waals surface area (Å²) in [6.45, 7) is 43.8. The predicted octanol–water partition coefficient (Wildman–Crippen LogP) is 21.1. The number of hydrogen-bond donors (Lipinski definition) is 1. The number of anilines is 1. The third kappa shape index (κ3) is 16.0. The van der Waals surface area contributed by atoms with Crippen molar-refractivity contribution >= 4 is 92.2 Å². The van der Waals surface area contributed by atoms with Crippen molar-refractivity contribution in [2.75, 3.05) is 11.4 Å². The molecule has 4 unspecified atom stereocenters. The molecule has 3 aromatic rings. The first-order valence-corrected chi connectivity index (χ1v) is 37.5. The summed E-state index contributed by atoms with van der Waals surface area (Å²) >= 11 is 6.67. The van der Waals surface area contributed by atoms with E-state index >= 15 is 0 Å². The van der Waals surface area contributed by atoms with Gasteiger partial charge in [-0.05, 0) is 237 Å². The van der Waals surface area contributed by atoms with Crippen molar-refractivity contribution in [3.05, 3.63) is 74.7 Å². The second-order valence-electron chi connectivity index (χ2n) is 36.7. The summed E-state index contributed by atoms with van der Waals surface area (Å²) in [7, 11) is 0. The fourth-order valence-corrected chi connectivity index (χ4v) is 19.3. The molecule has 0 aromatic carbocycles. The predicted molar refractivity (Wildman–Crippen MR) is 395 cm³/mol. The Morgan fingerprint density at radius 3 is 1.38 bits per heavy atom. The maximum atomic E-state index is 13.3. The third-order valence-corrected chi connectivity index (χ3v) is 25.8. The van der Waals surface area contributed by atoms with E-state index in [1.165, 1.54) is 97.7 Å². The van der Waals surface area contributed by atoms with Gasteiger partial charge >= 0.3 is 25.4 Å². The van der Waals surface area contributed by atoms with Crippen LogP contribution in [0.5, 0.6) is 0 Å². The van der Waals surface area contributed by atoms with Crippen molar-refractivity contribution < 1.29 is 34.2 Å². The Morgan fingerprint density at radius 2 is 0.947 bits per heavy atom. The summed E-state index contributed by atoms with van der Waals surface area (Å²) in [5.74, 6) is 10.6. The molecule has 6 heterocycles. The molecule has 6 fully saturated rings. The Bertz CT molecular complexity index is 3510. The molecule has 5 aliphatic carbocycles. The summed E-state index contributed by atoms with van der Waals surface area (Å²) in [5.41, 5.74) is 13.6. The van der Waals surface area contributed by atoms with E-state index in [0.717, 1.165) is 102 Å². The number of allylic oxidation sites excluding steroid dienone is 1. The number of carboxylic acids is 1. The van der Waals surface area contributed by atoms with Crippen LogP contribution in [0, 0.1) is 91.7 Å². The van der Waals surface area contributed by atoms with Crippen LogP contribution in [0.15, 0.2) is 35.2 Å². The Labute approximate surface area is 589 Å². The molecule has 1 saturated heterocycles. The number of aromatic nitrogens is 4. The molecule has 9 nitrogen and oxygen atoms in total. The van der Waals surface area contributed by atoms with Crippen LogP contribution in [-0.2, 0) is 29.1 Å². The van der Waals surface area contributed by atoms with Crippen molar-refractivity contribution in [2.24, 2.45) is 79.8 Å². The molecule has 4 atom stereocenters. The van der Waals surface area contributed by atoms with Gasteiger partial charge in [-0.15, -0.1) is 22.1 Å². The average Bonchev–Trinajstić information content (AvgIpc) is 1.49. The number of hydrogen-bond acceptors (Lipinski definition) is 7. The molecule has 3 aliphatic heterocycles. The fourth-order valence-electron chi connectivity index (χ4n) is 18.0. The number of aliphatic carboxylic acids is 1. The Balaban J connectivity index is 0.00000964. The monoisotopic (exact) mass is 1360 g/mol. The van der Waals surface area contributed by atoms with Gasteiger partial charge in [0.1, 0.15) is 10.9 Å². The Hall–Kier alpha value is -4.30. The van der Waals surface area contributed by atoms with Crippen molar-refractivity contribution in [1.29, 1.82) is 0 Å². The van der Waals surface area contributed by atoms with Crippen LogP contribution in [0.4, 0.5) is 5.69 Å². The standard InChI is InChI=1S/C82H115N6O3S2.Zn/c1-77(2,3)53-24-28-59(29-25-53)88(60-30-26-54(27-31-60)78(4,5)6)74-68-39-37-66(85-68)72(51-42-55(79(7,8)9)46-56(43-51)80(10,11)12)64-35-33-62(83-64)61(32-23-49-19-21-50(22-20-49)41-70-75(91)87(48-71(89)90)76(92)93-70)63-34-36-65(84-63)73(67-38-40-69(74)86-67)52-44-57(81(13,14)15)47-58(45-52)82(16,17)18;/h33-41,49-60H,19-22,24-31,42-48H2,1-18H3,(H2-,83,84,85,86,89,90);/q-1;+2/p-1. The van der Waals surface area contributed by atoms with Gasteiger partial charge in [0.05, 0.1) is 27.7 Å². The van der Waals surface area contributed by atoms with E-state index in [4.69, 9.17) is 32.2 Å². The summed E-state index contributed by atoms with van der Waals surface area (Å²) in [6, 6.07) is 10.1. The first kappa shape index (κ1) is 72.4. The minimum atomic E-state index is -1.07. The number of rotatable bonds is 8. The molecule has 11 rings (SSSR count). The molecule has 8 aliphatic rings. The molecule has 1 amide bonds. The average molecular weight is 1360 g/mol. The number of amides is 1. The Kier molecular flexibility index (Phi) is 21.4. The maximum absolute atomic E-state index is 13.3. The van der Waals surface area contributed by atoms with E-state index in [0.29, 0.717) is 56.8 Å². The SMILES string of the molecule is CC(C)(C)C1CCC(N(c2c3nc(c(C4CC(C(C)(C)C)CC(C(C)(C)C)C4)c4ccc([n-]4)c(C#CC4CCC(C=C5SC(=S)N(CC(=O)O)C5=O)CC4)c4nc(c(C5CC(C(C)(C)C)CC(C(C)(C)C)C5)c5ccc2[n-]5)C=C4)C=C3)C2CCC(C(C)(C)C)CC2)CC1.[Zn+2]. The van der Waals surface area contributed by atoms with Crippen LogP contribution < -0.4 is 14.9 Å². The maximum Gasteiger partial charge on any atom is 2.00 e. The summed E-state index contributed by atoms with van der Waals surface area (Å²) in [6.07, 6.45) is 31.2. The van der Waals surface area contributed by atoms with E-state index in [2.05, 4.69) is 190 Å². The first-order valence-electron chi connectivity index (χ1n) is 36.3. The molecular formula is C82H114N6O3S2Zn. The zero-order valence-electron chi connectivity index (χ0n) is 61.0. The second kappa shape index (κ2) is 27.8. The van der Waals surface area contributed by atoms with Crippen LogP contribution in [0.3, 0.4) is 0 Å². The van der Waals surface area contributed by atoms with E-state index < -0.39 is 12.5 Å². The summed E-state index contributed by atoms with van der Waals surface area (Å²) in [5, 5.41) is 9.48. The second-order valence-corrected chi connectivity index (χ2v) is 38.4. The first-order chi connectivity index (χ1) is 43.5. The van der Waals surface area contributed by atoms with Gasteiger partial charge in [0.2, 0.25) is 0 Å². The zero-order chi connectivity index (χ0) is 67.1. The summed E-state index contributed by atoms with van der Waals surface area (Å²) < 4.78 is 0.306. The number of carbonyl (C=O) groups excluding carboxylic acids is 1. The number of thiocarbonyl (C=S) groups is 1. The van der Waals surface area contributed by atoms with E-state index in [1.807, 2.05) is 6.08 Å². The normalized spacial score (nSPS) is 28.7. The molecule has 0 radical (unpaired) electrons. The molecule has 1 N–H and O–H groups in total. The third-order valence-electron chi connectivity index (χ3n) is 24.4. The number of nitrogens with zero attached hydrogens (tertiary/aromatic N) is 6. The van der Waals surface area contributed by atoms with E-state index in [9.17, 15) is 14.7 Å². The van der Waals surface area contributed by atoms with Crippen LogP contribution in [0.25, 0.3) is 46.4 Å². The van der Waals surface area contributed by atoms with Crippen molar-refractivity contribution in [2.45, 2.75) is 264 Å². The van der Waals surface area contributed by atoms with Gasteiger partial charge in [-0.1, -0.05) is 191 Å². The van der Waals surface area contributed by atoms with E-state index in [1.54, 1.807) is 0 Å². The van der Waals surface area contributed by atoms with Gasteiger partial charge in [0.25, 0.3) is 5.91 Å². The quantitative estimate of drug-likeness (QED) is 0.0697. The molecule has 504 valence electrons. The molecule has 8 bridgehead atoms. The van der Waals surface area contributed by atoms with E-state index in [-0.39, 0.29) is 81.5 Å². The number of carbonyl (C=O) groups is 2. The van der Waals surface area contributed by atoms with Gasteiger partial charge in [-0.2, -0.15) is 0 Å². The smallest absolute Gasteiger partial charge is 0.656 e. The van der Waals surface area contributed by atoms with Gasteiger partial charge in [-0.25, -0.2) is 9.97 Å². The van der Waals surface area contributed by atoms with Crippen LogP contribution in [0.1, 0.15) is 292 Å². The van der Waals surface area contributed by atoms with Gasteiger partial charge in [-0.3, -0.25) is 14.5 Å². The summed E-state index contributed by atoms with van der Waals surface area (Å²) in [4.78, 5) is 53.5. The minimum Gasteiger partial charge on any atom is -0.656 e. The molecule has 0 spiro atoms. The largest absolute Gasteiger partial charge is 2.00 e. The topological polar surface area (TPSA) is 115 Å².